The van der Waals surface area contributed by atoms with Gasteiger partial charge in [0.25, 0.3) is 10.1 Å². The van der Waals surface area contributed by atoms with Crippen molar-refractivity contribution in [1.29, 1.82) is 0 Å². The molecule has 1 saturated heterocycles. The van der Waals surface area contributed by atoms with E-state index in [1.807, 2.05) is 32.0 Å². The normalized spacial score (nSPS) is 20.0. The topological polar surface area (TPSA) is 101 Å². The fourth-order valence-electron chi connectivity index (χ4n) is 3.63. The summed E-state index contributed by atoms with van der Waals surface area (Å²) < 4.78 is 48.7. The number of benzene rings is 1. The molecule has 0 saturated carbocycles. The average molecular weight is 472 g/mol. The van der Waals surface area contributed by atoms with Crippen molar-refractivity contribution < 1.29 is 36.3 Å². The molecule has 3 rings (SSSR count). The molecule has 0 spiro atoms. The smallest absolute Gasteiger partial charge is 0.410 e. The van der Waals surface area contributed by atoms with Crippen LogP contribution >= 0.6 is 0 Å². The van der Waals surface area contributed by atoms with Crippen LogP contribution in [-0.2, 0) is 35.1 Å². The van der Waals surface area contributed by atoms with Crippen LogP contribution in [0.2, 0.25) is 0 Å². The van der Waals surface area contributed by atoms with E-state index in [2.05, 4.69) is 4.18 Å². The minimum absolute atomic E-state index is 0.0410. The van der Waals surface area contributed by atoms with Crippen molar-refractivity contribution in [2.75, 3.05) is 39.2 Å². The standard InChI is InChI=1S/C22H33NO8S/c1-22(2)28-16-18-14-17(8-9-19(18)31-22)20-15-23(21(24)30-20)10-6-4-5-7-11-27-12-13-29-32(3,25)26/h8-9,14,20H,4-7,10-13,15-16H2,1-3H3. The molecule has 2 heterocycles. The van der Waals surface area contributed by atoms with Gasteiger partial charge in [0.15, 0.2) is 0 Å². The van der Waals surface area contributed by atoms with E-state index in [1.54, 1.807) is 4.90 Å². The van der Waals surface area contributed by atoms with Crippen LogP contribution in [0, 0.1) is 0 Å². The van der Waals surface area contributed by atoms with E-state index in [0.717, 1.165) is 48.8 Å². The van der Waals surface area contributed by atoms with Gasteiger partial charge in [-0.1, -0.05) is 18.9 Å². The van der Waals surface area contributed by atoms with E-state index in [4.69, 9.17) is 18.9 Å². The van der Waals surface area contributed by atoms with E-state index in [1.165, 1.54) is 0 Å². The van der Waals surface area contributed by atoms with Crippen molar-refractivity contribution in [1.82, 2.24) is 4.90 Å². The summed E-state index contributed by atoms with van der Waals surface area (Å²) in [5.74, 6) is 0.169. The summed E-state index contributed by atoms with van der Waals surface area (Å²) in [6, 6.07) is 5.86. The van der Waals surface area contributed by atoms with Crippen LogP contribution in [0.4, 0.5) is 4.79 Å². The fraction of sp³-hybridized carbons (Fsp3) is 0.682. The van der Waals surface area contributed by atoms with Crippen LogP contribution in [0.15, 0.2) is 18.2 Å². The highest BCUT2D eigenvalue weighted by Gasteiger charge is 2.33. The molecule has 0 bridgehead atoms. The van der Waals surface area contributed by atoms with Crippen molar-refractivity contribution in [3.05, 3.63) is 29.3 Å². The minimum Gasteiger partial charge on any atom is -0.463 e. The van der Waals surface area contributed by atoms with Crippen LogP contribution in [-0.4, -0.2) is 64.4 Å². The maximum absolute atomic E-state index is 12.2. The van der Waals surface area contributed by atoms with Gasteiger partial charge in [0.1, 0.15) is 11.9 Å². The first-order chi connectivity index (χ1) is 15.1. The summed E-state index contributed by atoms with van der Waals surface area (Å²) in [7, 11) is -3.41. The lowest BCUT2D eigenvalue weighted by Crippen LogP contribution is -2.35. The number of rotatable bonds is 12. The van der Waals surface area contributed by atoms with Crippen LogP contribution in [0.3, 0.4) is 0 Å². The largest absolute Gasteiger partial charge is 0.463 e. The number of hydrogen-bond acceptors (Lipinski definition) is 8. The van der Waals surface area contributed by atoms with Gasteiger partial charge in [0.05, 0.1) is 32.6 Å². The maximum Gasteiger partial charge on any atom is 0.410 e. The Morgan fingerprint density at radius 3 is 2.69 bits per heavy atom. The van der Waals surface area contributed by atoms with E-state index in [9.17, 15) is 13.2 Å². The minimum atomic E-state index is -3.41. The molecule has 1 atom stereocenters. The summed E-state index contributed by atoms with van der Waals surface area (Å²) in [5, 5.41) is 0. The second-order valence-corrected chi connectivity index (χ2v) is 10.2. The van der Waals surface area contributed by atoms with Crippen molar-refractivity contribution in [2.24, 2.45) is 0 Å². The highest BCUT2D eigenvalue weighted by atomic mass is 32.2. The molecule has 0 radical (unpaired) electrons. The van der Waals surface area contributed by atoms with Crippen LogP contribution in [0.1, 0.15) is 56.8 Å². The van der Waals surface area contributed by atoms with E-state index in [0.29, 0.717) is 26.3 Å². The predicted octanol–water partition coefficient (Wildman–Crippen LogP) is 3.38. The summed E-state index contributed by atoms with van der Waals surface area (Å²) in [6.07, 6.45) is 4.16. The number of amides is 1. The highest BCUT2D eigenvalue weighted by molar-refractivity contribution is 7.85. The Labute approximate surface area is 190 Å². The van der Waals surface area contributed by atoms with Crippen molar-refractivity contribution in [3.63, 3.8) is 0 Å². The van der Waals surface area contributed by atoms with Crippen molar-refractivity contribution >= 4 is 16.2 Å². The number of hydrogen-bond donors (Lipinski definition) is 0. The molecule has 1 unspecified atom stereocenters. The zero-order chi connectivity index (χ0) is 23.2. The van der Waals surface area contributed by atoms with Gasteiger partial charge in [0, 0.05) is 32.6 Å². The van der Waals surface area contributed by atoms with Crippen LogP contribution in [0.5, 0.6) is 5.75 Å². The first-order valence-electron chi connectivity index (χ1n) is 11.0. The first-order valence-corrected chi connectivity index (χ1v) is 12.8. The predicted molar refractivity (Wildman–Crippen MR) is 117 cm³/mol. The summed E-state index contributed by atoms with van der Waals surface area (Å²) in [6.45, 7) is 6.28. The lowest BCUT2D eigenvalue weighted by molar-refractivity contribution is -0.180. The van der Waals surface area contributed by atoms with E-state index in [-0.39, 0.29) is 25.4 Å². The van der Waals surface area contributed by atoms with E-state index >= 15 is 0 Å². The zero-order valence-electron chi connectivity index (χ0n) is 19.0. The van der Waals surface area contributed by atoms with Crippen LogP contribution < -0.4 is 4.74 Å². The fourth-order valence-corrected chi connectivity index (χ4v) is 4.00. The number of nitrogens with zero attached hydrogens (tertiary/aromatic N) is 1. The Morgan fingerprint density at radius 1 is 1.12 bits per heavy atom. The Morgan fingerprint density at radius 2 is 1.91 bits per heavy atom. The molecule has 0 N–H and O–H groups in total. The molecule has 0 aromatic heterocycles. The third-order valence-electron chi connectivity index (χ3n) is 5.27. The average Bonchev–Trinajstić information content (AvgIpc) is 3.08. The SMILES string of the molecule is CC1(C)OCc2cc(C3CN(CCCCCCOCCOS(C)(=O)=O)C(=O)O3)ccc2O1. The number of unbranched alkanes of at least 4 members (excludes halogenated alkanes) is 3. The monoisotopic (exact) mass is 471 g/mol. The molecule has 0 aliphatic carbocycles. The Bertz CT molecular complexity index is 886. The molecule has 1 amide bonds. The summed E-state index contributed by atoms with van der Waals surface area (Å²) >= 11 is 0. The van der Waals surface area contributed by atoms with Crippen molar-refractivity contribution in [2.45, 2.75) is 58.0 Å². The lowest BCUT2D eigenvalue weighted by atomic mass is 10.0. The molecule has 1 fully saturated rings. The molecular formula is C22H33NO8S. The molecule has 1 aromatic rings. The van der Waals surface area contributed by atoms with E-state index < -0.39 is 15.9 Å². The molecular weight excluding hydrogens is 438 g/mol. The second kappa shape index (κ2) is 10.8. The summed E-state index contributed by atoms with van der Waals surface area (Å²) in [5.41, 5.74) is 1.91. The van der Waals surface area contributed by atoms with Gasteiger partial charge >= 0.3 is 6.09 Å². The third-order valence-corrected chi connectivity index (χ3v) is 5.86. The molecule has 10 heteroatoms. The second-order valence-electron chi connectivity index (χ2n) is 8.53. The van der Waals surface area contributed by atoms with Crippen LogP contribution in [0.25, 0.3) is 0 Å². The molecule has 2 aliphatic rings. The molecule has 9 nitrogen and oxygen atoms in total. The van der Waals surface area contributed by atoms with Gasteiger partial charge < -0.3 is 23.8 Å². The van der Waals surface area contributed by atoms with Crippen molar-refractivity contribution in [3.8, 4) is 5.75 Å². The Hall–Kier alpha value is -1.88. The molecule has 1 aromatic carbocycles. The molecule has 180 valence electrons. The maximum atomic E-state index is 12.2. The van der Waals surface area contributed by atoms with Gasteiger partial charge in [-0.3, -0.25) is 4.18 Å². The lowest BCUT2D eigenvalue weighted by Gasteiger charge is -2.32. The number of carbonyl (C=O) groups excluding carboxylic acids is 1. The van der Waals surface area contributed by atoms with Gasteiger partial charge in [-0.2, -0.15) is 8.42 Å². The third kappa shape index (κ3) is 7.61. The van der Waals surface area contributed by atoms with Gasteiger partial charge in [-0.05, 0) is 30.5 Å². The number of fused-ring (bicyclic) bond motifs is 1. The summed E-state index contributed by atoms with van der Waals surface area (Å²) in [4.78, 5) is 14.0. The highest BCUT2D eigenvalue weighted by Crippen LogP contribution is 2.35. The Kier molecular flexibility index (Phi) is 8.37. The first kappa shape index (κ1) is 24.8. The number of cyclic esters (lactones) is 1. The van der Waals surface area contributed by atoms with Gasteiger partial charge in [-0.15, -0.1) is 0 Å². The number of carbonyl (C=O) groups is 1. The number of ether oxygens (including phenoxy) is 4. The zero-order valence-corrected chi connectivity index (χ0v) is 19.8. The molecule has 32 heavy (non-hydrogen) atoms. The Balaban J connectivity index is 1.32. The molecule has 2 aliphatic heterocycles. The van der Waals surface area contributed by atoms with Gasteiger partial charge in [0.2, 0.25) is 5.79 Å². The quantitative estimate of drug-likeness (QED) is 0.338. The van der Waals surface area contributed by atoms with Gasteiger partial charge in [-0.25, -0.2) is 4.79 Å².